The van der Waals surface area contributed by atoms with Crippen molar-refractivity contribution in [1.82, 2.24) is 0 Å². The first-order valence-electron chi connectivity index (χ1n) is 11.1. The number of hydrogen-bond acceptors (Lipinski definition) is 6. The van der Waals surface area contributed by atoms with Gasteiger partial charge in [0.1, 0.15) is 0 Å². The molecule has 1 aromatic rings. The molecule has 0 radical (unpaired) electrons. The summed E-state index contributed by atoms with van der Waals surface area (Å²) in [4.78, 5) is 2.37. The van der Waals surface area contributed by atoms with Crippen LogP contribution in [0.15, 0.2) is 30.4 Å². The summed E-state index contributed by atoms with van der Waals surface area (Å²) in [6.45, 7) is 1.82. The van der Waals surface area contributed by atoms with Crippen LogP contribution in [0.1, 0.15) is 48.3 Å². The smallest absolute Gasteiger partial charge is 0.0771 e. The molecule has 0 bridgehead atoms. The van der Waals surface area contributed by atoms with Gasteiger partial charge in [-0.25, -0.2) is 0 Å². The van der Waals surface area contributed by atoms with Crippen LogP contribution in [-0.4, -0.2) is 58.6 Å². The van der Waals surface area contributed by atoms with Gasteiger partial charge in [0.15, 0.2) is 0 Å². The Bertz CT molecular complexity index is 685. The Morgan fingerprint density at radius 2 is 2.03 bits per heavy atom. The van der Waals surface area contributed by atoms with Crippen LogP contribution in [-0.2, 0) is 11.2 Å². The minimum absolute atomic E-state index is 0.0261. The van der Waals surface area contributed by atoms with E-state index in [1.54, 1.807) is 18.4 Å². The van der Waals surface area contributed by atoms with Crippen molar-refractivity contribution >= 4 is 22.9 Å². The fourth-order valence-corrected chi connectivity index (χ4v) is 5.37. The molecule has 0 saturated heterocycles. The summed E-state index contributed by atoms with van der Waals surface area (Å²) < 4.78 is 5.61. The fraction of sp³-hybridized carbons (Fsp3) is 0.667. The second-order valence-electron chi connectivity index (χ2n) is 8.40. The summed E-state index contributed by atoms with van der Waals surface area (Å²) in [5, 5.41) is 39.9. The lowest BCUT2D eigenvalue weighted by molar-refractivity contribution is 0.0868. The number of halogens is 1. The molecular formula is C24H37ClO5S. The van der Waals surface area contributed by atoms with Gasteiger partial charge in [0.25, 0.3) is 0 Å². The first kappa shape index (κ1) is 26.5. The van der Waals surface area contributed by atoms with Gasteiger partial charge in [-0.2, -0.15) is 0 Å². The lowest BCUT2D eigenvalue weighted by atomic mass is 9.89. The lowest BCUT2D eigenvalue weighted by Gasteiger charge is -2.20. The standard InChI is InChI=1S/C24H37ClO5S/c1-16-22(25)13-19(31-16)11-9-18(30-2)10-12-21-20(23(28)14-24(21)29)8-6-4-3-5-7-17(27)15-26/h4,6,10,12-13,17-18,20-21,23-24,26-29H,3,5,7-9,11,14-15H2,1-2H3/t17?,18-,20+,21+,23-,24+/m0/s1. The zero-order chi connectivity index (χ0) is 22.8. The Balaban J connectivity index is 1.86. The van der Waals surface area contributed by atoms with Crippen LogP contribution in [0.3, 0.4) is 0 Å². The van der Waals surface area contributed by atoms with Gasteiger partial charge in [-0.05, 0) is 57.4 Å². The van der Waals surface area contributed by atoms with Gasteiger partial charge in [-0.15, -0.1) is 11.3 Å². The molecule has 1 unspecified atom stereocenters. The molecule has 2 rings (SSSR count). The number of methoxy groups -OCH3 is 1. The van der Waals surface area contributed by atoms with Crippen LogP contribution in [0.4, 0.5) is 0 Å². The molecule has 1 aliphatic rings. The van der Waals surface area contributed by atoms with Crippen molar-refractivity contribution in [3.05, 3.63) is 45.1 Å². The Hall–Kier alpha value is -0.730. The van der Waals surface area contributed by atoms with E-state index in [1.807, 2.05) is 31.2 Å². The molecule has 1 fully saturated rings. The van der Waals surface area contributed by atoms with E-state index in [1.165, 1.54) is 4.88 Å². The average molecular weight is 473 g/mol. The summed E-state index contributed by atoms with van der Waals surface area (Å²) in [5.41, 5.74) is 0. The first-order chi connectivity index (χ1) is 14.8. The Morgan fingerprint density at radius 1 is 1.26 bits per heavy atom. The van der Waals surface area contributed by atoms with Gasteiger partial charge in [0.2, 0.25) is 0 Å². The topological polar surface area (TPSA) is 90.2 Å². The van der Waals surface area contributed by atoms with Crippen molar-refractivity contribution in [3.63, 3.8) is 0 Å². The molecule has 0 amide bonds. The zero-order valence-corrected chi connectivity index (χ0v) is 20.1. The Morgan fingerprint density at radius 3 is 2.68 bits per heavy atom. The zero-order valence-electron chi connectivity index (χ0n) is 18.5. The number of unbranched alkanes of at least 4 members (excludes halogenated alkanes) is 1. The Labute approximate surface area is 195 Å². The molecule has 31 heavy (non-hydrogen) atoms. The molecule has 6 atom stereocenters. The van der Waals surface area contributed by atoms with Crippen molar-refractivity contribution in [2.24, 2.45) is 11.8 Å². The summed E-state index contributed by atoms with van der Waals surface area (Å²) in [5.74, 6) is -0.131. The maximum absolute atomic E-state index is 10.4. The van der Waals surface area contributed by atoms with Gasteiger partial charge < -0.3 is 25.2 Å². The van der Waals surface area contributed by atoms with Gasteiger partial charge in [-0.3, -0.25) is 0 Å². The minimum atomic E-state index is -0.649. The van der Waals surface area contributed by atoms with E-state index in [0.29, 0.717) is 19.3 Å². The van der Waals surface area contributed by atoms with Crippen LogP contribution in [0.2, 0.25) is 5.02 Å². The van der Waals surface area contributed by atoms with Crippen molar-refractivity contribution in [3.8, 4) is 0 Å². The summed E-state index contributed by atoms with van der Waals surface area (Å²) in [6.07, 6.45) is 11.3. The molecule has 0 aromatic carbocycles. The van der Waals surface area contributed by atoms with Gasteiger partial charge >= 0.3 is 0 Å². The van der Waals surface area contributed by atoms with Crippen LogP contribution in [0, 0.1) is 18.8 Å². The molecule has 176 valence electrons. The third kappa shape index (κ3) is 8.61. The molecule has 1 heterocycles. The van der Waals surface area contributed by atoms with Crippen LogP contribution in [0.5, 0.6) is 0 Å². The third-order valence-electron chi connectivity index (χ3n) is 6.04. The number of thiophene rings is 1. The molecule has 0 spiro atoms. The SMILES string of the molecule is CO[C@H](C=C[C@@H]1[C@@H](CC=CCCCC(O)CO)[C@@H](O)C[C@H]1O)CCc1cc(Cl)c(C)s1. The number of ether oxygens (including phenoxy) is 1. The highest BCUT2D eigenvalue weighted by molar-refractivity contribution is 7.12. The highest BCUT2D eigenvalue weighted by Gasteiger charge is 2.39. The van der Waals surface area contributed by atoms with E-state index >= 15 is 0 Å². The quantitative estimate of drug-likeness (QED) is 0.257. The normalized spacial score (nSPS) is 26.3. The van der Waals surface area contributed by atoms with Crippen molar-refractivity contribution < 1.29 is 25.2 Å². The molecular weight excluding hydrogens is 436 g/mol. The predicted molar refractivity (Wildman–Crippen MR) is 127 cm³/mol. The number of rotatable bonds is 13. The van der Waals surface area contributed by atoms with Gasteiger partial charge in [0.05, 0.1) is 36.0 Å². The molecule has 1 saturated carbocycles. The number of aryl methyl sites for hydroxylation is 2. The maximum atomic E-state index is 10.4. The number of allylic oxidation sites excluding steroid dienone is 2. The molecule has 5 nitrogen and oxygen atoms in total. The second kappa shape index (κ2) is 13.7. The molecule has 4 N–H and O–H groups in total. The molecule has 0 aliphatic heterocycles. The number of hydrogen-bond donors (Lipinski definition) is 4. The second-order valence-corrected chi connectivity index (χ2v) is 10.1. The number of aliphatic hydroxyl groups is 4. The first-order valence-corrected chi connectivity index (χ1v) is 12.3. The maximum Gasteiger partial charge on any atom is 0.0771 e. The summed E-state index contributed by atoms with van der Waals surface area (Å²) in [6, 6.07) is 2.02. The molecule has 1 aliphatic carbocycles. The van der Waals surface area contributed by atoms with E-state index in [2.05, 4.69) is 6.08 Å². The van der Waals surface area contributed by atoms with Crippen LogP contribution >= 0.6 is 22.9 Å². The van der Waals surface area contributed by atoms with E-state index in [-0.39, 0.29) is 24.5 Å². The monoisotopic (exact) mass is 472 g/mol. The van der Waals surface area contributed by atoms with E-state index in [0.717, 1.165) is 35.6 Å². The molecule has 7 heteroatoms. The van der Waals surface area contributed by atoms with E-state index in [9.17, 15) is 15.3 Å². The van der Waals surface area contributed by atoms with Crippen LogP contribution in [0.25, 0.3) is 0 Å². The van der Waals surface area contributed by atoms with E-state index in [4.69, 9.17) is 21.4 Å². The van der Waals surface area contributed by atoms with Gasteiger partial charge in [-0.1, -0.05) is 35.9 Å². The highest BCUT2D eigenvalue weighted by atomic mass is 35.5. The van der Waals surface area contributed by atoms with Crippen molar-refractivity contribution in [1.29, 1.82) is 0 Å². The highest BCUT2D eigenvalue weighted by Crippen LogP contribution is 2.36. The summed E-state index contributed by atoms with van der Waals surface area (Å²) in [7, 11) is 1.69. The largest absolute Gasteiger partial charge is 0.394 e. The van der Waals surface area contributed by atoms with Gasteiger partial charge in [0, 0.05) is 29.2 Å². The van der Waals surface area contributed by atoms with Crippen molar-refractivity contribution in [2.45, 2.75) is 76.3 Å². The molecule has 1 aromatic heterocycles. The third-order valence-corrected chi connectivity index (χ3v) is 7.66. The number of aliphatic hydroxyl groups excluding tert-OH is 4. The van der Waals surface area contributed by atoms with Crippen molar-refractivity contribution in [2.75, 3.05) is 13.7 Å². The average Bonchev–Trinajstić information content (AvgIpc) is 3.21. The predicted octanol–water partition coefficient (Wildman–Crippen LogP) is 4.04. The van der Waals surface area contributed by atoms with E-state index < -0.39 is 18.3 Å². The lowest BCUT2D eigenvalue weighted by Crippen LogP contribution is -2.20. The van der Waals surface area contributed by atoms with Crippen LogP contribution < -0.4 is 0 Å². The fourth-order valence-electron chi connectivity index (χ4n) is 4.11. The Kier molecular flexibility index (Phi) is 11.8. The summed E-state index contributed by atoms with van der Waals surface area (Å²) >= 11 is 7.86. The minimum Gasteiger partial charge on any atom is -0.394 e.